The Balaban J connectivity index is 1.31. The Morgan fingerprint density at radius 3 is 2.82 bits per heavy atom. The lowest BCUT2D eigenvalue weighted by molar-refractivity contribution is -0.125. The summed E-state index contributed by atoms with van der Waals surface area (Å²) in [7, 11) is 0. The summed E-state index contributed by atoms with van der Waals surface area (Å²) in [6, 6.07) is 13.3. The number of hydrogen-bond donors (Lipinski definition) is 1. The molecule has 0 spiro atoms. The van der Waals surface area contributed by atoms with E-state index in [1.54, 1.807) is 11.8 Å². The van der Waals surface area contributed by atoms with E-state index in [0.717, 1.165) is 22.1 Å². The van der Waals surface area contributed by atoms with Crippen LogP contribution in [0.1, 0.15) is 18.1 Å². The zero-order valence-electron chi connectivity index (χ0n) is 15.4. The van der Waals surface area contributed by atoms with Gasteiger partial charge in [-0.15, -0.1) is 0 Å². The number of nitrogens with one attached hydrogen (secondary N) is 1. The Kier molecular flexibility index (Phi) is 7.45. The van der Waals surface area contributed by atoms with Crippen molar-refractivity contribution in [3.8, 4) is 11.5 Å². The van der Waals surface area contributed by atoms with Gasteiger partial charge in [0.25, 0.3) is 5.91 Å². The van der Waals surface area contributed by atoms with Crippen LogP contribution >= 0.6 is 23.4 Å². The molecule has 0 atom stereocenters. The predicted molar refractivity (Wildman–Crippen MR) is 111 cm³/mol. The summed E-state index contributed by atoms with van der Waals surface area (Å²) < 4.78 is 10.6. The van der Waals surface area contributed by atoms with Crippen LogP contribution in [0.3, 0.4) is 0 Å². The monoisotopic (exact) mass is 420 g/mol. The van der Waals surface area contributed by atoms with Gasteiger partial charge in [-0.25, -0.2) is 0 Å². The van der Waals surface area contributed by atoms with Crippen molar-refractivity contribution in [3.05, 3.63) is 58.6 Å². The molecule has 148 valence electrons. The Morgan fingerprint density at radius 1 is 1.21 bits per heavy atom. The molecule has 1 aliphatic heterocycles. The molecule has 3 rings (SSSR count). The number of ether oxygens (including phenoxy) is 2. The first-order valence-corrected chi connectivity index (χ1v) is 10.3. The van der Waals surface area contributed by atoms with Crippen LogP contribution in [0.4, 0.5) is 0 Å². The number of amides is 1. The zero-order valence-corrected chi connectivity index (χ0v) is 17.0. The normalized spacial score (nSPS) is 12.7. The molecule has 28 heavy (non-hydrogen) atoms. The number of hydrogen-bond acceptors (Lipinski definition) is 6. The maximum absolute atomic E-state index is 11.8. The molecule has 2 aromatic rings. The molecule has 1 heterocycles. The topological polar surface area (TPSA) is 69.2 Å². The fraction of sp³-hybridized carbons (Fsp3) is 0.300. The first-order valence-electron chi connectivity index (χ1n) is 8.77. The molecule has 0 bridgehead atoms. The van der Waals surface area contributed by atoms with Crippen LogP contribution in [0.15, 0.2) is 47.6 Å². The van der Waals surface area contributed by atoms with Gasteiger partial charge in [-0.2, -0.15) is 11.8 Å². The Morgan fingerprint density at radius 2 is 2.00 bits per heavy atom. The fourth-order valence-electron chi connectivity index (χ4n) is 2.45. The fourth-order valence-corrected chi connectivity index (χ4v) is 3.39. The summed E-state index contributed by atoms with van der Waals surface area (Å²) in [5.74, 6) is 2.89. The maximum Gasteiger partial charge on any atom is 0.260 e. The van der Waals surface area contributed by atoms with E-state index in [0.29, 0.717) is 23.8 Å². The number of thioether (sulfide) groups is 1. The molecule has 1 amide bonds. The van der Waals surface area contributed by atoms with E-state index in [9.17, 15) is 4.79 Å². The van der Waals surface area contributed by atoms with Crippen molar-refractivity contribution in [3.63, 3.8) is 0 Å². The summed E-state index contributed by atoms with van der Waals surface area (Å²) in [5.41, 5.74) is 2.71. The van der Waals surface area contributed by atoms with Crippen molar-refractivity contribution in [2.45, 2.75) is 12.7 Å². The van der Waals surface area contributed by atoms with Crippen LogP contribution in [0.25, 0.3) is 0 Å². The number of halogens is 1. The second-order valence-corrected chi connectivity index (χ2v) is 7.59. The third kappa shape index (κ3) is 6.07. The molecular formula is C20H21ClN2O4S. The largest absolute Gasteiger partial charge is 0.454 e. The van der Waals surface area contributed by atoms with Gasteiger partial charge >= 0.3 is 0 Å². The highest BCUT2D eigenvalue weighted by molar-refractivity contribution is 7.98. The van der Waals surface area contributed by atoms with Gasteiger partial charge in [0.1, 0.15) is 0 Å². The Labute approximate surface area is 173 Å². The van der Waals surface area contributed by atoms with Gasteiger partial charge in [0.15, 0.2) is 18.1 Å². The molecule has 0 aliphatic carbocycles. The van der Waals surface area contributed by atoms with E-state index in [1.165, 1.54) is 5.56 Å². The van der Waals surface area contributed by atoms with E-state index < -0.39 is 0 Å². The van der Waals surface area contributed by atoms with Crippen molar-refractivity contribution in [2.75, 3.05) is 25.7 Å². The van der Waals surface area contributed by atoms with E-state index in [1.807, 2.05) is 49.4 Å². The van der Waals surface area contributed by atoms with Gasteiger partial charge in [0, 0.05) is 28.6 Å². The van der Waals surface area contributed by atoms with Crippen LogP contribution < -0.4 is 14.8 Å². The van der Waals surface area contributed by atoms with E-state index >= 15 is 0 Å². The molecule has 6 nitrogen and oxygen atoms in total. The second kappa shape index (κ2) is 10.2. The van der Waals surface area contributed by atoms with Crippen molar-refractivity contribution >= 4 is 35.0 Å². The molecule has 2 aromatic carbocycles. The Bertz CT molecular complexity index is 843. The number of fused-ring (bicyclic) bond motifs is 1. The van der Waals surface area contributed by atoms with Gasteiger partial charge < -0.3 is 19.6 Å². The lowest BCUT2D eigenvalue weighted by atomic mass is 10.1. The van der Waals surface area contributed by atoms with E-state index in [4.69, 9.17) is 25.9 Å². The number of carbonyl (C=O) groups is 1. The summed E-state index contributed by atoms with van der Waals surface area (Å²) in [6.45, 7) is 2.49. The highest BCUT2D eigenvalue weighted by Crippen LogP contribution is 2.32. The van der Waals surface area contributed by atoms with Gasteiger partial charge in [0.05, 0.1) is 5.71 Å². The molecule has 8 heteroatoms. The van der Waals surface area contributed by atoms with Crippen LogP contribution in [-0.4, -0.2) is 37.3 Å². The molecule has 0 fully saturated rings. The van der Waals surface area contributed by atoms with Crippen LogP contribution in [-0.2, 0) is 15.4 Å². The van der Waals surface area contributed by atoms with Crippen molar-refractivity contribution in [2.24, 2.45) is 5.16 Å². The predicted octanol–water partition coefficient (Wildman–Crippen LogP) is 3.86. The summed E-state index contributed by atoms with van der Waals surface area (Å²) in [6.07, 6.45) is 0. The van der Waals surface area contributed by atoms with Crippen molar-refractivity contribution < 1.29 is 19.1 Å². The quantitative estimate of drug-likeness (QED) is 0.379. The van der Waals surface area contributed by atoms with Crippen LogP contribution in [0.5, 0.6) is 11.5 Å². The standard InChI is InChI=1S/C20H21ClN2O4S/c1-14(16-4-7-18-19(10-16)26-13-25-18)23-27-11-20(24)22-8-9-28-12-15-2-5-17(21)6-3-15/h2-7,10H,8-9,11-13H2,1H3,(H,22,24)/b23-14-. The zero-order chi connectivity index (χ0) is 19.8. The van der Waals surface area contributed by atoms with Gasteiger partial charge in [-0.05, 0) is 42.8 Å². The van der Waals surface area contributed by atoms with Gasteiger partial charge in [-0.3, -0.25) is 4.79 Å². The first kappa shape index (κ1) is 20.4. The van der Waals surface area contributed by atoms with E-state index in [2.05, 4.69) is 10.5 Å². The molecular weight excluding hydrogens is 400 g/mol. The molecule has 0 saturated carbocycles. The van der Waals surface area contributed by atoms with Crippen molar-refractivity contribution in [1.29, 1.82) is 0 Å². The highest BCUT2D eigenvalue weighted by Gasteiger charge is 2.14. The molecule has 1 N–H and O–H groups in total. The number of carbonyl (C=O) groups excluding carboxylic acids is 1. The summed E-state index contributed by atoms with van der Waals surface area (Å²) >= 11 is 7.60. The molecule has 0 aromatic heterocycles. The SMILES string of the molecule is C/C(=N/OCC(=O)NCCSCc1ccc(Cl)cc1)c1ccc2c(c1)OCO2. The lowest BCUT2D eigenvalue weighted by Crippen LogP contribution is -2.29. The third-order valence-corrected chi connectivity index (χ3v) is 5.22. The number of oxime groups is 1. The summed E-state index contributed by atoms with van der Waals surface area (Å²) in [4.78, 5) is 17.0. The van der Waals surface area contributed by atoms with Crippen LogP contribution in [0.2, 0.25) is 5.02 Å². The molecule has 0 radical (unpaired) electrons. The average Bonchev–Trinajstić information content (AvgIpc) is 3.17. The number of rotatable bonds is 9. The molecule has 0 saturated heterocycles. The smallest absolute Gasteiger partial charge is 0.260 e. The second-order valence-electron chi connectivity index (χ2n) is 6.05. The van der Waals surface area contributed by atoms with Crippen molar-refractivity contribution in [1.82, 2.24) is 5.32 Å². The lowest BCUT2D eigenvalue weighted by Gasteiger charge is -2.06. The minimum Gasteiger partial charge on any atom is -0.454 e. The summed E-state index contributed by atoms with van der Waals surface area (Å²) in [5, 5.41) is 7.54. The van der Waals surface area contributed by atoms with Crippen LogP contribution in [0, 0.1) is 0 Å². The average molecular weight is 421 g/mol. The molecule has 1 aliphatic rings. The number of benzene rings is 2. The minimum atomic E-state index is -0.200. The van der Waals surface area contributed by atoms with Gasteiger partial charge in [0.2, 0.25) is 6.79 Å². The number of nitrogens with zero attached hydrogens (tertiary/aromatic N) is 1. The van der Waals surface area contributed by atoms with Gasteiger partial charge in [-0.1, -0.05) is 28.9 Å². The third-order valence-electron chi connectivity index (χ3n) is 3.94. The minimum absolute atomic E-state index is 0.121. The maximum atomic E-state index is 11.8. The van der Waals surface area contributed by atoms with E-state index in [-0.39, 0.29) is 19.3 Å². The first-order chi connectivity index (χ1) is 13.6. The highest BCUT2D eigenvalue weighted by atomic mass is 35.5. The molecule has 0 unspecified atom stereocenters. The Hall–Kier alpha value is -2.38.